The molecule has 0 unspecified atom stereocenters. The van der Waals surface area contributed by atoms with Crippen LogP contribution in [0.15, 0.2) is 41.5 Å². The molecule has 2 heterocycles. The molecule has 4 rings (SSSR count). The summed E-state index contributed by atoms with van der Waals surface area (Å²) in [6.07, 6.45) is 1.75. The molecule has 1 aliphatic rings. The normalized spacial score (nSPS) is 13.1. The summed E-state index contributed by atoms with van der Waals surface area (Å²) >= 11 is 6.40. The van der Waals surface area contributed by atoms with Crippen LogP contribution in [0, 0.1) is 13.5 Å². The Bertz CT molecular complexity index is 1230. The van der Waals surface area contributed by atoms with Crippen LogP contribution in [-0.2, 0) is 7.05 Å². The molecule has 0 aliphatic carbocycles. The zero-order valence-corrected chi connectivity index (χ0v) is 16.8. The number of aromatic nitrogens is 2. The maximum Gasteiger partial charge on any atom is 0.214 e. The van der Waals surface area contributed by atoms with Gasteiger partial charge in [0, 0.05) is 35.8 Å². The fourth-order valence-corrected chi connectivity index (χ4v) is 3.85. The Morgan fingerprint density at radius 3 is 2.69 bits per heavy atom. The van der Waals surface area contributed by atoms with Gasteiger partial charge in [0.25, 0.3) is 0 Å². The van der Waals surface area contributed by atoms with Gasteiger partial charge in [0.1, 0.15) is 6.54 Å². The van der Waals surface area contributed by atoms with Gasteiger partial charge in [0.15, 0.2) is 5.78 Å². The molecule has 0 spiro atoms. The lowest BCUT2D eigenvalue weighted by Crippen LogP contribution is -2.24. The second-order valence-corrected chi connectivity index (χ2v) is 7.26. The van der Waals surface area contributed by atoms with Crippen molar-refractivity contribution in [3.8, 4) is 22.4 Å². The first kappa shape index (κ1) is 19.1. The molecule has 1 aromatic heterocycles. The fraction of sp³-hybridized carbons (Fsp3) is 0.182. The van der Waals surface area contributed by atoms with E-state index in [1.54, 1.807) is 10.9 Å². The van der Waals surface area contributed by atoms with E-state index in [0.717, 1.165) is 27.9 Å². The third-order valence-electron chi connectivity index (χ3n) is 5.16. The number of fused-ring (bicyclic) bond motifs is 1. The number of nitrogens with two attached hydrogens (primary N) is 1. The number of ketones is 1. The lowest BCUT2D eigenvalue weighted by molar-refractivity contribution is 0.1000. The topological polar surface area (TPSA) is 77.6 Å². The summed E-state index contributed by atoms with van der Waals surface area (Å²) in [5.41, 5.74) is 12.4. The number of nitrogens with zero attached hydrogens (tertiary/aromatic N) is 4. The van der Waals surface area contributed by atoms with Gasteiger partial charge in [-0.3, -0.25) is 14.5 Å². The molecule has 29 heavy (non-hydrogen) atoms. The molecule has 0 radical (unpaired) electrons. The Balaban J connectivity index is 1.94. The van der Waals surface area contributed by atoms with Gasteiger partial charge in [0.2, 0.25) is 5.69 Å². The fourth-order valence-electron chi connectivity index (χ4n) is 3.64. The number of rotatable bonds is 3. The SMILES string of the molecule is [C-]#[N+]c1c(-c2c(-c3ccc4c(c3)C(CN)=NCC4=O)cnn2C)ccc(C)c1Cl. The van der Waals surface area contributed by atoms with E-state index in [0.29, 0.717) is 27.5 Å². The second-order valence-electron chi connectivity index (χ2n) is 6.89. The smallest absolute Gasteiger partial charge is 0.214 e. The molecule has 0 amide bonds. The molecule has 0 fully saturated rings. The van der Waals surface area contributed by atoms with Crippen LogP contribution >= 0.6 is 11.6 Å². The first-order valence-corrected chi connectivity index (χ1v) is 9.44. The van der Waals surface area contributed by atoms with Gasteiger partial charge in [-0.2, -0.15) is 5.10 Å². The highest BCUT2D eigenvalue weighted by Crippen LogP contribution is 2.42. The molecule has 0 bridgehead atoms. The molecule has 2 aromatic carbocycles. The molecule has 6 nitrogen and oxygen atoms in total. The minimum absolute atomic E-state index is 0.0178. The summed E-state index contributed by atoms with van der Waals surface area (Å²) in [6, 6.07) is 9.42. The molecule has 144 valence electrons. The minimum atomic E-state index is -0.0178. The standard InChI is InChI=1S/C22H18ClN5O/c1-12-4-6-15(21(25-2)20(12)23)22-17(10-27-28(22)3)13-5-7-14-16(8-13)18(9-24)26-11-19(14)29/h4-8,10H,9,11,24H2,1,3H3. The number of aliphatic imine (C=N–C) groups is 1. The van der Waals surface area contributed by atoms with Crippen LogP contribution in [0.2, 0.25) is 5.02 Å². The van der Waals surface area contributed by atoms with Crippen molar-refractivity contribution < 1.29 is 4.79 Å². The Hall–Kier alpha value is -3.27. The molecule has 0 saturated carbocycles. The van der Waals surface area contributed by atoms with Gasteiger partial charge in [0.05, 0.1) is 29.2 Å². The van der Waals surface area contributed by atoms with Crippen molar-refractivity contribution in [2.45, 2.75) is 6.92 Å². The van der Waals surface area contributed by atoms with Crippen LogP contribution in [0.25, 0.3) is 27.2 Å². The summed E-state index contributed by atoms with van der Waals surface area (Å²) in [5, 5.41) is 4.85. The van der Waals surface area contributed by atoms with Crippen molar-refractivity contribution in [3.05, 3.63) is 69.7 Å². The van der Waals surface area contributed by atoms with Gasteiger partial charge >= 0.3 is 0 Å². The molecular weight excluding hydrogens is 386 g/mol. The highest BCUT2D eigenvalue weighted by Gasteiger charge is 2.23. The molecule has 3 aromatic rings. The lowest BCUT2D eigenvalue weighted by atomic mass is 9.91. The number of aryl methyl sites for hydroxylation is 2. The number of hydrogen-bond donors (Lipinski definition) is 1. The highest BCUT2D eigenvalue weighted by molar-refractivity contribution is 6.35. The number of hydrogen-bond acceptors (Lipinski definition) is 4. The number of benzene rings is 2. The maximum absolute atomic E-state index is 12.2. The van der Waals surface area contributed by atoms with E-state index < -0.39 is 0 Å². The Kier molecular flexibility index (Phi) is 4.79. The Morgan fingerprint density at radius 2 is 1.97 bits per heavy atom. The monoisotopic (exact) mass is 403 g/mol. The summed E-state index contributed by atoms with van der Waals surface area (Å²) in [6.45, 7) is 9.88. The van der Waals surface area contributed by atoms with Crippen LogP contribution in [0.4, 0.5) is 5.69 Å². The molecule has 7 heteroatoms. The van der Waals surface area contributed by atoms with Crippen LogP contribution in [-0.4, -0.2) is 34.4 Å². The quantitative estimate of drug-likeness (QED) is 0.665. The maximum atomic E-state index is 12.2. The van der Waals surface area contributed by atoms with E-state index in [9.17, 15) is 4.79 Å². The lowest BCUT2D eigenvalue weighted by Gasteiger charge is -2.17. The van der Waals surface area contributed by atoms with Gasteiger partial charge in [-0.1, -0.05) is 35.9 Å². The van der Waals surface area contributed by atoms with Crippen LogP contribution < -0.4 is 5.73 Å². The van der Waals surface area contributed by atoms with Crippen molar-refractivity contribution in [2.24, 2.45) is 17.8 Å². The molecular formula is C22H18ClN5O. The zero-order valence-electron chi connectivity index (χ0n) is 16.0. The van der Waals surface area contributed by atoms with Crippen molar-refractivity contribution in [3.63, 3.8) is 0 Å². The summed E-state index contributed by atoms with van der Waals surface area (Å²) in [5.74, 6) is -0.0178. The molecule has 0 saturated heterocycles. The average molecular weight is 404 g/mol. The van der Waals surface area contributed by atoms with Gasteiger partial charge in [-0.05, 0) is 24.1 Å². The van der Waals surface area contributed by atoms with E-state index >= 15 is 0 Å². The predicted molar refractivity (Wildman–Crippen MR) is 115 cm³/mol. The van der Waals surface area contributed by atoms with Crippen molar-refractivity contribution in [2.75, 3.05) is 13.1 Å². The summed E-state index contributed by atoms with van der Waals surface area (Å²) in [7, 11) is 1.83. The van der Waals surface area contributed by atoms with E-state index in [4.69, 9.17) is 23.9 Å². The first-order valence-electron chi connectivity index (χ1n) is 9.06. The third-order valence-corrected chi connectivity index (χ3v) is 5.64. The van der Waals surface area contributed by atoms with Crippen molar-refractivity contribution in [1.29, 1.82) is 0 Å². The zero-order chi connectivity index (χ0) is 20.7. The minimum Gasteiger partial charge on any atom is -0.325 e. The second kappa shape index (κ2) is 7.28. The van der Waals surface area contributed by atoms with E-state index in [-0.39, 0.29) is 18.9 Å². The Morgan fingerprint density at radius 1 is 1.21 bits per heavy atom. The summed E-state index contributed by atoms with van der Waals surface area (Å²) < 4.78 is 1.73. The number of carbonyl (C=O) groups is 1. The van der Waals surface area contributed by atoms with Crippen molar-refractivity contribution in [1.82, 2.24) is 9.78 Å². The molecule has 2 N–H and O–H groups in total. The van der Waals surface area contributed by atoms with Crippen LogP contribution in [0.5, 0.6) is 0 Å². The van der Waals surface area contributed by atoms with Crippen LogP contribution in [0.1, 0.15) is 21.5 Å². The van der Waals surface area contributed by atoms with Gasteiger partial charge < -0.3 is 5.73 Å². The Labute approximate surface area is 173 Å². The molecule has 1 aliphatic heterocycles. The van der Waals surface area contributed by atoms with E-state index in [1.165, 1.54) is 0 Å². The largest absolute Gasteiger partial charge is 0.325 e. The van der Waals surface area contributed by atoms with E-state index in [1.807, 2.05) is 44.3 Å². The number of Topliss-reactive ketones (excluding diaryl/α,β-unsaturated/α-hetero) is 1. The van der Waals surface area contributed by atoms with Gasteiger partial charge in [-0.25, -0.2) is 4.85 Å². The van der Waals surface area contributed by atoms with Gasteiger partial charge in [-0.15, -0.1) is 0 Å². The highest BCUT2D eigenvalue weighted by atomic mass is 35.5. The molecule has 0 atom stereocenters. The third kappa shape index (κ3) is 3.05. The number of halogens is 1. The first-order chi connectivity index (χ1) is 14.0. The summed E-state index contributed by atoms with van der Waals surface area (Å²) in [4.78, 5) is 20.2. The number of carbonyl (C=O) groups excluding carboxylic acids is 1. The van der Waals surface area contributed by atoms with Crippen LogP contribution in [0.3, 0.4) is 0 Å². The van der Waals surface area contributed by atoms with E-state index in [2.05, 4.69) is 14.9 Å². The van der Waals surface area contributed by atoms with Crippen molar-refractivity contribution >= 4 is 28.8 Å². The predicted octanol–water partition coefficient (Wildman–Crippen LogP) is 4.21. The average Bonchev–Trinajstić information content (AvgIpc) is 3.11.